The Balaban J connectivity index is 0.00000144. The molecular weight excluding hydrogens is 367 g/mol. The fraction of sp³-hybridized carbons (Fsp3) is 0.375. The van der Waals surface area contributed by atoms with Crippen LogP contribution in [0.1, 0.15) is 18.4 Å². The van der Waals surface area contributed by atoms with E-state index in [1.165, 1.54) is 16.9 Å². The molecule has 132 valence electrons. The van der Waals surface area contributed by atoms with Gasteiger partial charge in [-0.3, -0.25) is 9.69 Å². The van der Waals surface area contributed by atoms with E-state index in [1.54, 1.807) is 6.20 Å². The predicted molar refractivity (Wildman–Crippen MR) is 103 cm³/mol. The second kappa shape index (κ2) is 9.34. The van der Waals surface area contributed by atoms with Crippen molar-refractivity contribution >= 4 is 47.2 Å². The number of rotatable bonds is 4. The Morgan fingerprint density at radius 3 is 2.67 bits per heavy atom. The van der Waals surface area contributed by atoms with Gasteiger partial charge in [-0.2, -0.15) is 0 Å². The average Bonchev–Trinajstić information content (AvgIpc) is 3.17. The lowest BCUT2D eigenvalue weighted by Gasteiger charge is -2.22. The second-order valence-electron chi connectivity index (χ2n) is 5.64. The molecule has 0 radical (unpaired) electrons. The minimum atomic E-state index is -0.219. The molecule has 1 aliphatic heterocycles. The molecule has 3 rings (SSSR count). The van der Waals surface area contributed by atoms with Gasteiger partial charge in [-0.05, 0) is 12.5 Å². The van der Waals surface area contributed by atoms with Gasteiger partial charge in [-0.15, -0.1) is 36.2 Å². The number of halogens is 2. The molecule has 1 aliphatic rings. The van der Waals surface area contributed by atoms with Crippen LogP contribution in [0, 0.1) is 0 Å². The van der Waals surface area contributed by atoms with E-state index in [0.29, 0.717) is 5.13 Å². The lowest BCUT2D eigenvalue weighted by atomic mass is 9.95. The normalized spacial score (nSPS) is 21.4. The van der Waals surface area contributed by atoms with Crippen LogP contribution in [0.25, 0.3) is 0 Å². The summed E-state index contributed by atoms with van der Waals surface area (Å²) in [5, 5.41) is 5.34. The van der Waals surface area contributed by atoms with Crippen molar-refractivity contribution in [2.24, 2.45) is 5.73 Å². The van der Waals surface area contributed by atoms with Crippen LogP contribution in [-0.4, -0.2) is 41.0 Å². The summed E-state index contributed by atoms with van der Waals surface area (Å²) in [5.41, 5.74) is 7.53. The Kier molecular flexibility index (Phi) is 8.12. The fourth-order valence-corrected chi connectivity index (χ4v) is 3.42. The van der Waals surface area contributed by atoms with E-state index in [0.717, 1.165) is 13.1 Å². The SMILES string of the molecule is CC(C(=O)Nc1nccs1)N1C[C@@H](N)[C@H](c2ccccc2)C1.Cl.Cl. The van der Waals surface area contributed by atoms with Gasteiger partial charge in [0.1, 0.15) is 0 Å². The monoisotopic (exact) mass is 388 g/mol. The van der Waals surface area contributed by atoms with Crippen LogP contribution in [-0.2, 0) is 4.79 Å². The minimum absolute atomic E-state index is 0. The molecule has 3 atom stereocenters. The number of thiazole rings is 1. The van der Waals surface area contributed by atoms with E-state index in [-0.39, 0.29) is 48.7 Å². The van der Waals surface area contributed by atoms with Crippen molar-refractivity contribution in [1.29, 1.82) is 0 Å². The topological polar surface area (TPSA) is 71.2 Å². The van der Waals surface area contributed by atoms with Crippen LogP contribution in [0.4, 0.5) is 5.13 Å². The second-order valence-corrected chi connectivity index (χ2v) is 6.53. The number of anilines is 1. The number of nitrogens with two attached hydrogens (primary N) is 1. The van der Waals surface area contributed by atoms with Gasteiger partial charge in [0, 0.05) is 36.6 Å². The first kappa shape index (κ1) is 20.9. The van der Waals surface area contributed by atoms with Crippen molar-refractivity contribution in [1.82, 2.24) is 9.88 Å². The Bertz CT molecular complexity index is 626. The number of amides is 1. The molecule has 1 aromatic carbocycles. The number of nitrogens with zero attached hydrogens (tertiary/aromatic N) is 2. The van der Waals surface area contributed by atoms with Crippen molar-refractivity contribution in [3.05, 3.63) is 47.5 Å². The summed E-state index contributed by atoms with van der Waals surface area (Å²) in [6.45, 7) is 3.45. The van der Waals surface area contributed by atoms with Crippen LogP contribution in [0.3, 0.4) is 0 Å². The van der Waals surface area contributed by atoms with Crippen molar-refractivity contribution in [3.63, 3.8) is 0 Å². The van der Waals surface area contributed by atoms with Gasteiger partial charge in [0.15, 0.2) is 5.13 Å². The number of carbonyl (C=O) groups excluding carboxylic acids is 1. The summed E-state index contributed by atoms with van der Waals surface area (Å²) >= 11 is 1.42. The van der Waals surface area contributed by atoms with Gasteiger partial charge in [0.2, 0.25) is 5.91 Å². The molecule has 1 unspecified atom stereocenters. The fourth-order valence-electron chi connectivity index (χ4n) is 2.89. The van der Waals surface area contributed by atoms with Crippen LogP contribution in [0.5, 0.6) is 0 Å². The van der Waals surface area contributed by atoms with E-state index < -0.39 is 0 Å². The summed E-state index contributed by atoms with van der Waals surface area (Å²) in [6.07, 6.45) is 1.68. The number of aromatic nitrogens is 1. The number of hydrogen-bond donors (Lipinski definition) is 2. The average molecular weight is 389 g/mol. The molecule has 8 heteroatoms. The van der Waals surface area contributed by atoms with Crippen molar-refractivity contribution < 1.29 is 4.79 Å². The third kappa shape index (κ3) is 4.68. The molecule has 2 aromatic rings. The smallest absolute Gasteiger partial charge is 0.243 e. The largest absolute Gasteiger partial charge is 0.326 e. The zero-order chi connectivity index (χ0) is 15.5. The minimum Gasteiger partial charge on any atom is -0.326 e. The molecule has 1 saturated heterocycles. The lowest BCUT2D eigenvalue weighted by Crippen LogP contribution is -2.41. The van der Waals surface area contributed by atoms with Crippen molar-refractivity contribution in [2.45, 2.75) is 24.9 Å². The lowest BCUT2D eigenvalue weighted by molar-refractivity contribution is -0.120. The van der Waals surface area contributed by atoms with Gasteiger partial charge >= 0.3 is 0 Å². The van der Waals surface area contributed by atoms with Gasteiger partial charge in [-0.1, -0.05) is 30.3 Å². The molecule has 3 N–H and O–H groups in total. The molecule has 0 spiro atoms. The summed E-state index contributed by atoms with van der Waals surface area (Å²) in [5.74, 6) is 0.243. The highest BCUT2D eigenvalue weighted by Crippen LogP contribution is 2.27. The van der Waals surface area contributed by atoms with Crippen LogP contribution < -0.4 is 11.1 Å². The molecule has 0 aliphatic carbocycles. The van der Waals surface area contributed by atoms with E-state index >= 15 is 0 Å². The van der Waals surface area contributed by atoms with Gasteiger partial charge in [-0.25, -0.2) is 4.98 Å². The van der Waals surface area contributed by atoms with E-state index in [1.807, 2.05) is 30.5 Å². The van der Waals surface area contributed by atoms with Gasteiger partial charge < -0.3 is 11.1 Å². The number of nitrogens with one attached hydrogen (secondary N) is 1. The molecule has 0 saturated carbocycles. The van der Waals surface area contributed by atoms with E-state index in [9.17, 15) is 4.79 Å². The first-order chi connectivity index (χ1) is 10.6. The maximum Gasteiger partial charge on any atom is 0.243 e. The van der Waals surface area contributed by atoms with Gasteiger partial charge in [0.25, 0.3) is 0 Å². The molecule has 1 aromatic heterocycles. The highest BCUT2D eigenvalue weighted by Gasteiger charge is 2.35. The highest BCUT2D eigenvalue weighted by molar-refractivity contribution is 7.13. The quantitative estimate of drug-likeness (QED) is 0.844. The highest BCUT2D eigenvalue weighted by atomic mass is 35.5. The van der Waals surface area contributed by atoms with E-state index in [2.05, 4.69) is 27.3 Å². The Morgan fingerprint density at radius 1 is 1.33 bits per heavy atom. The third-order valence-corrected chi connectivity index (χ3v) is 4.90. The predicted octanol–water partition coefficient (Wildman–Crippen LogP) is 2.74. The molecule has 1 amide bonds. The maximum absolute atomic E-state index is 12.3. The summed E-state index contributed by atoms with van der Waals surface area (Å²) in [6, 6.07) is 10.1. The van der Waals surface area contributed by atoms with E-state index in [4.69, 9.17) is 5.73 Å². The molecule has 1 fully saturated rings. The number of benzene rings is 1. The van der Waals surface area contributed by atoms with Gasteiger partial charge in [0.05, 0.1) is 6.04 Å². The molecular formula is C16H22Cl2N4OS. The molecule has 5 nitrogen and oxygen atoms in total. The van der Waals surface area contributed by atoms with Crippen LogP contribution >= 0.6 is 36.2 Å². The summed E-state index contributed by atoms with van der Waals surface area (Å²) < 4.78 is 0. The molecule has 2 heterocycles. The molecule has 0 bridgehead atoms. The Labute approximate surface area is 158 Å². The zero-order valence-corrected chi connectivity index (χ0v) is 15.7. The number of likely N-dealkylation sites (tertiary alicyclic amines) is 1. The summed E-state index contributed by atoms with van der Waals surface area (Å²) in [4.78, 5) is 18.6. The number of hydrogen-bond acceptors (Lipinski definition) is 5. The van der Waals surface area contributed by atoms with Crippen LogP contribution in [0.2, 0.25) is 0 Å². The molecule has 24 heavy (non-hydrogen) atoms. The first-order valence-electron chi connectivity index (χ1n) is 7.40. The standard InChI is InChI=1S/C16H20N4OS.2ClH/c1-11(15(21)19-16-18-7-8-22-16)20-9-13(14(17)10-20)12-5-3-2-4-6-12;;/h2-8,11,13-14H,9-10,17H2,1H3,(H,18,19,21);2*1H/t11?,13-,14+;;/m0../s1. The zero-order valence-electron chi connectivity index (χ0n) is 13.3. The van der Waals surface area contributed by atoms with Crippen molar-refractivity contribution in [3.8, 4) is 0 Å². The van der Waals surface area contributed by atoms with Crippen molar-refractivity contribution in [2.75, 3.05) is 18.4 Å². The van der Waals surface area contributed by atoms with Crippen LogP contribution in [0.15, 0.2) is 41.9 Å². The maximum atomic E-state index is 12.3. The third-order valence-electron chi connectivity index (χ3n) is 4.21. The summed E-state index contributed by atoms with van der Waals surface area (Å²) in [7, 11) is 0. The number of carbonyl (C=O) groups is 1. The Hall–Kier alpha value is -1.18. The first-order valence-corrected chi connectivity index (χ1v) is 8.28. The Morgan fingerprint density at radius 2 is 2.04 bits per heavy atom.